The first-order valence-corrected chi connectivity index (χ1v) is 10.7. The number of rotatable bonds is 9. The second-order valence-corrected chi connectivity index (χ2v) is 9.35. The molecule has 2 aromatic rings. The summed E-state index contributed by atoms with van der Waals surface area (Å²) in [6.07, 6.45) is 2.58. The Morgan fingerprint density at radius 1 is 1.32 bits per heavy atom. The molecule has 0 aliphatic carbocycles. The summed E-state index contributed by atoms with van der Waals surface area (Å²) < 4.78 is 28.0. The summed E-state index contributed by atoms with van der Waals surface area (Å²) in [7, 11) is -0.452. The van der Waals surface area contributed by atoms with Crippen LogP contribution in [0.25, 0.3) is 11.0 Å². The molecule has 0 aliphatic rings. The molecular formula is C17H25N3O3S2. The maximum Gasteiger partial charge on any atom is 0.242 e. The molecular weight excluding hydrogens is 358 g/mol. The smallest absolute Gasteiger partial charge is 0.242 e. The van der Waals surface area contributed by atoms with Crippen LogP contribution in [0.3, 0.4) is 0 Å². The lowest BCUT2D eigenvalue weighted by Crippen LogP contribution is -2.22. The van der Waals surface area contributed by atoms with Gasteiger partial charge in [0.1, 0.15) is 5.78 Å². The molecule has 1 aromatic carbocycles. The summed E-state index contributed by atoms with van der Waals surface area (Å²) in [5.74, 6) is 0.830. The van der Waals surface area contributed by atoms with Crippen LogP contribution >= 0.6 is 11.8 Å². The molecule has 0 fully saturated rings. The van der Waals surface area contributed by atoms with Crippen LogP contribution in [0.2, 0.25) is 0 Å². The Hall–Kier alpha value is -1.38. The van der Waals surface area contributed by atoms with Crippen molar-refractivity contribution in [2.24, 2.45) is 0 Å². The summed E-state index contributed by atoms with van der Waals surface area (Å²) in [5, 5.41) is 0.837. The van der Waals surface area contributed by atoms with E-state index in [-0.39, 0.29) is 10.7 Å². The molecule has 0 saturated heterocycles. The number of carbonyl (C=O) groups excluding carboxylic acids is 1. The van der Waals surface area contributed by atoms with Crippen LogP contribution in [0.15, 0.2) is 28.3 Å². The van der Waals surface area contributed by atoms with E-state index in [0.29, 0.717) is 17.7 Å². The van der Waals surface area contributed by atoms with Gasteiger partial charge in [0, 0.05) is 32.8 Å². The molecule has 8 heteroatoms. The van der Waals surface area contributed by atoms with Crippen molar-refractivity contribution in [3.8, 4) is 0 Å². The molecule has 0 radical (unpaired) electrons. The summed E-state index contributed by atoms with van der Waals surface area (Å²) in [6, 6.07) is 5.08. The van der Waals surface area contributed by atoms with Gasteiger partial charge in [0.15, 0.2) is 5.16 Å². The molecule has 0 unspecified atom stereocenters. The molecule has 0 amide bonds. The van der Waals surface area contributed by atoms with Crippen LogP contribution in [0.4, 0.5) is 0 Å². The van der Waals surface area contributed by atoms with Crippen molar-refractivity contribution < 1.29 is 13.2 Å². The van der Waals surface area contributed by atoms with E-state index < -0.39 is 10.0 Å². The lowest BCUT2D eigenvalue weighted by molar-refractivity contribution is -0.116. The maximum absolute atomic E-state index is 12.3. The first kappa shape index (κ1) is 19.9. The van der Waals surface area contributed by atoms with Crippen molar-refractivity contribution in [3.05, 3.63) is 18.2 Å². The molecule has 138 valence electrons. The number of thioether (sulfide) groups is 1. The molecule has 0 atom stereocenters. The zero-order valence-electron chi connectivity index (χ0n) is 15.2. The summed E-state index contributed by atoms with van der Waals surface area (Å²) >= 11 is 1.54. The first-order chi connectivity index (χ1) is 11.8. The number of benzene rings is 1. The summed E-state index contributed by atoms with van der Waals surface area (Å²) in [5.41, 5.74) is 1.60. The van der Waals surface area contributed by atoms with Gasteiger partial charge < -0.3 is 4.57 Å². The molecule has 0 spiro atoms. The Balaban J connectivity index is 2.43. The van der Waals surface area contributed by atoms with Gasteiger partial charge in [-0.1, -0.05) is 25.1 Å². The van der Waals surface area contributed by atoms with Crippen molar-refractivity contribution in [2.45, 2.75) is 49.7 Å². The van der Waals surface area contributed by atoms with E-state index in [9.17, 15) is 13.2 Å². The van der Waals surface area contributed by atoms with Crippen molar-refractivity contribution in [1.29, 1.82) is 0 Å². The van der Waals surface area contributed by atoms with E-state index in [1.807, 2.05) is 6.07 Å². The zero-order valence-corrected chi connectivity index (χ0v) is 16.8. The predicted molar refractivity (Wildman–Crippen MR) is 102 cm³/mol. The number of unbranched alkanes of at least 4 members (excludes halogenated alkanes) is 1. The molecule has 0 bridgehead atoms. The minimum absolute atomic E-state index is 0.156. The van der Waals surface area contributed by atoms with Crippen molar-refractivity contribution in [2.75, 3.05) is 19.8 Å². The van der Waals surface area contributed by atoms with E-state index in [0.717, 1.165) is 30.1 Å². The molecule has 1 heterocycles. The Morgan fingerprint density at radius 2 is 2.04 bits per heavy atom. The van der Waals surface area contributed by atoms with Gasteiger partial charge in [0.25, 0.3) is 0 Å². The van der Waals surface area contributed by atoms with Gasteiger partial charge in [-0.05, 0) is 31.5 Å². The largest absolute Gasteiger partial charge is 0.319 e. The predicted octanol–water partition coefficient (Wildman–Crippen LogP) is 3.16. The number of Topliss-reactive ketones (excluding diaryl/α,β-unsaturated/α-hetero) is 1. The normalized spacial score (nSPS) is 12.2. The third-order valence-corrected chi connectivity index (χ3v) is 6.67. The van der Waals surface area contributed by atoms with Crippen LogP contribution in [0.1, 0.15) is 33.1 Å². The highest BCUT2D eigenvalue weighted by molar-refractivity contribution is 7.99. The van der Waals surface area contributed by atoms with Gasteiger partial charge in [0.2, 0.25) is 10.0 Å². The third kappa shape index (κ3) is 4.62. The Kier molecular flexibility index (Phi) is 6.65. The molecule has 25 heavy (non-hydrogen) atoms. The quantitative estimate of drug-likeness (QED) is 0.622. The highest BCUT2D eigenvalue weighted by Crippen LogP contribution is 2.27. The molecule has 0 saturated carbocycles. The number of imidazole rings is 1. The van der Waals surface area contributed by atoms with Gasteiger partial charge in [-0.3, -0.25) is 4.79 Å². The van der Waals surface area contributed by atoms with Crippen LogP contribution in [0.5, 0.6) is 0 Å². The molecule has 6 nitrogen and oxygen atoms in total. The third-order valence-electron chi connectivity index (χ3n) is 3.88. The van der Waals surface area contributed by atoms with E-state index in [2.05, 4.69) is 16.5 Å². The van der Waals surface area contributed by atoms with Gasteiger partial charge in [-0.25, -0.2) is 17.7 Å². The number of carbonyl (C=O) groups is 1. The monoisotopic (exact) mass is 383 g/mol. The lowest BCUT2D eigenvalue weighted by atomic mass is 10.3. The van der Waals surface area contributed by atoms with Crippen LogP contribution in [0, 0.1) is 0 Å². The maximum atomic E-state index is 12.3. The minimum atomic E-state index is -3.48. The topological polar surface area (TPSA) is 72.3 Å². The highest BCUT2D eigenvalue weighted by Gasteiger charge is 2.19. The standard InChI is InChI=1S/C17H25N3O3S2/c1-5-6-10-20-16-8-7-14(25(22,23)19(3)4)12-15(16)18-17(20)24-11-9-13(2)21/h7-8,12H,5-6,9-11H2,1-4H3. The van der Waals surface area contributed by atoms with Gasteiger partial charge >= 0.3 is 0 Å². The second-order valence-electron chi connectivity index (χ2n) is 6.14. The number of ketones is 1. The van der Waals surface area contributed by atoms with Gasteiger partial charge in [-0.2, -0.15) is 0 Å². The number of aryl methyl sites for hydroxylation is 1. The minimum Gasteiger partial charge on any atom is -0.319 e. The lowest BCUT2D eigenvalue weighted by Gasteiger charge is -2.11. The fraction of sp³-hybridized carbons (Fsp3) is 0.529. The number of hydrogen-bond acceptors (Lipinski definition) is 5. The van der Waals surface area contributed by atoms with Crippen molar-refractivity contribution >= 4 is 38.6 Å². The molecule has 0 N–H and O–H groups in total. The molecule has 1 aromatic heterocycles. The number of hydrogen-bond donors (Lipinski definition) is 0. The SMILES string of the molecule is CCCCn1c(SCCC(C)=O)nc2cc(S(=O)(=O)N(C)C)ccc21. The number of fused-ring (bicyclic) bond motifs is 1. The zero-order chi connectivity index (χ0) is 18.6. The fourth-order valence-corrected chi connectivity index (χ4v) is 4.39. The van der Waals surface area contributed by atoms with Crippen LogP contribution in [-0.4, -0.2) is 47.9 Å². The van der Waals surface area contributed by atoms with Crippen molar-refractivity contribution in [3.63, 3.8) is 0 Å². The average Bonchev–Trinajstić information content (AvgIpc) is 2.89. The van der Waals surface area contributed by atoms with E-state index in [1.165, 1.54) is 18.4 Å². The average molecular weight is 384 g/mol. The Morgan fingerprint density at radius 3 is 2.64 bits per heavy atom. The Labute approximate surface area is 153 Å². The van der Waals surface area contributed by atoms with E-state index in [4.69, 9.17) is 0 Å². The van der Waals surface area contributed by atoms with E-state index >= 15 is 0 Å². The van der Waals surface area contributed by atoms with Gasteiger partial charge in [-0.15, -0.1) is 0 Å². The first-order valence-electron chi connectivity index (χ1n) is 8.32. The van der Waals surface area contributed by atoms with E-state index in [1.54, 1.807) is 30.8 Å². The highest BCUT2D eigenvalue weighted by atomic mass is 32.2. The summed E-state index contributed by atoms with van der Waals surface area (Å²) in [4.78, 5) is 16.0. The number of nitrogens with zero attached hydrogens (tertiary/aromatic N) is 3. The Bertz CT molecular complexity index is 857. The van der Waals surface area contributed by atoms with Crippen molar-refractivity contribution in [1.82, 2.24) is 13.9 Å². The van der Waals surface area contributed by atoms with Gasteiger partial charge in [0.05, 0.1) is 15.9 Å². The number of aromatic nitrogens is 2. The van der Waals surface area contributed by atoms with Crippen LogP contribution in [-0.2, 0) is 21.4 Å². The molecule has 0 aliphatic heterocycles. The van der Waals surface area contributed by atoms with Crippen LogP contribution < -0.4 is 0 Å². The second kappa shape index (κ2) is 8.33. The molecule has 2 rings (SSSR count). The summed E-state index contributed by atoms with van der Waals surface area (Å²) in [6.45, 7) is 4.54. The fourth-order valence-electron chi connectivity index (χ4n) is 2.39. The number of sulfonamides is 1.